The molecule has 2 aromatic rings. The molecule has 1 N–H and O–H groups in total. The smallest absolute Gasteiger partial charge is 0.241 e. The van der Waals surface area contributed by atoms with E-state index in [0.717, 1.165) is 56.3 Å². The van der Waals surface area contributed by atoms with E-state index in [1.165, 1.54) is 5.56 Å². The third-order valence-corrected chi connectivity index (χ3v) is 5.76. The Morgan fingerprint density at radius 2 is 2.08 bits per heavy atom. The molecule has 4 rings (SSSR count). The van der Waals surface area contributed by atoms with Gasteiger partial charge in [-0.3, -0.25) is 9.69 Å². The monoisotopic (exact) mass is 342 g/mol. The summed E-state index contributed by atoms with van der Waals surface area (Å²) in [4.78, 5) is 21.8. The Morgan fingerprint density at radius 1 is 1.17 bits per heavy atom. The van der Waals surface area contributed by atoms with Crippen molar-refractivity contribution in [1.29, 1.82) is 0 Å². The predicted molar refractivity (Wildman–Crippen MR) is 97.7 cm³/mol. The molecular formula is C18H22N4OS. The number of aryl methyl sites for hydroxylation is 1. The molecule has 3 heterocycles. The van der Waals surface area contributed by atoms with Crippen LogP contribution in [-0.2, 0) is 11.2 Å². The van der Waals surface area contributed by atoms with E-state index in [0.29, 0.717) is 0 Å². The second-order valence-corrected chi connectivity index (χ2v) is 7.27. The molecule has 1 amide bonds. The summed E-state index contributed by atoms with van der Waals surface area (Å²) in [5, 5.41) is 6.24. The second-order valence-electron chi connectivity index (χ2n) is 6.39. The highest BCUT2D eigenvalue weighted by Crippen LogP contribution is 2.25. The van der Waals surface area contributed by atoms with Gasteiger partial charge in [-0.15, -0.1) is 11.3 Å². The number of hydrogen-bond donors (Lipinski definition) is 1. The quantitative estimate of drug-likeness (QED) is 0.911. The van der Waals surface area contributed by atoms with Crippen molar-refractivity contribution in [3.05, 3.63) is 41.4 Å². The summed E-state index contributed by atoms with van der Waals surface area (Å²) >= 11 is 1.69. The number of fused-ring (bicyclic) bond motifs is 1. The number of benzene rings is 1. The molecule has 0 radical (unpaired) electrons. The van der Waals surface area contributed by atoms with E-state index >= 15 is 0 Å². The Bertz CT molecular complexity index is 703. The Balaban J connectivity index is 1.45. The number of anilines is 2. The van der Waals surface area contributed by atoms with Crippen LogP contribution in [0.2, 0.25) is 0 Å². The van der Waals surface area contributed by atoms with Gasteiger partial charge in [-0.2, -0.15) is 0 Å². The Morgan fingerprint density at radius 3 is 2.96 bits per heavy atom. The van der Waals surface area contributed by atoms with Gasteiger partial charge < -0.3 is 10.2 Å². The number of amides is 1. The number of carbonyl (C=O) groups is 1. The zero-order valence-corrected chi connectivity index (χ0v) is 14.5. The molecule has 2 aliphatic rings. The fourth-order valence-corrected chi connectivity index (χ4v) is 4.36. The van der Waals surface area contributed by atoms with Crippen molar-refractivity contribution in [2.75, 3.05) is 36.4 Å². The van der Waals surface area contributed by atoms with Crippen molar-refractivity contribution >= 4 is 28.1 Å². The molecule has 5 nitrogen and oxygen atoms in total. The number of nitrogens with one attached hydrogen (secondary N) is 1. The molecule has 0 bridgehead atoms. The maximum atomic E-state index is 12.7. The van der Waals surface area contributed by atoms with Gasteiger partial charge in [0.2, 0.25) is 5.91 Å². The van der Waals surface area contributed by atoms with Gasteiger partial charge >= 0.3 is 0 Å². The molecule has 6 heteroatoms. The maximum absolute atomic E-state index is 12.7. The van der Waals surface area contributed by atoms with Crippen molar-refractivity contribution in [2.45, 2.75) is 25.3 Å². The summed E-state index contributed by atoms with van der Waals surface area (Å²) in [6, 6.07) is 8.11. The minimum absolute atomic E-state index is 0.0337. The first-order chi connectivity index (χ1) is 11.8. The Labute approximate surface area is 146 Å². The lowest BCUT2D eigenvalue weighted by atomic mass is 10.0. The minimum atomic E-state index is -0.0337. The molecule has 1 aromatic heterocycles. The molecule has 0 saturated carbocycles. The first kappa shape index (κ1) is 15.6. The van der Waals surface area contributed by atoms with Gasteiger partial charge in [0.05, 0.1) is 6.04 Å². The predicted octanol–water partition coefficient (Wildman–Crippen LogP) is 2.61. The van der Waals surface area contributed by atoms with Gasteiger partial charge in [0, 0.05) is 43.4 Å². The molecule has 0 unspecified atom stereocenters. The van der Waals surface area contributed by atoms with Crippen molar-refractivity contribution in [3.8, 4) is 0 Å². The summed E-state index contributed by atoms with van der Waals surface area (Å²) in [6.07, 6.45) is 4.77. The van der Waals surface area contributed by atoms with E-state index in [4.69, 9.17) is 0 Å². The third-order valence-electron chi connectivity index (χ3n) is 4.93. The van der Waals surface area contributed by atoms with E-state index in [1.807, 2.05) is 29.8 Å². The number of rotatable bonds is 2. The molecule has 1 saturated heterocycles. The number of carbonyl (C=O) groups excluding carboxylic acids is 1. The number of para-hydroxylation sites is 1. The van der Waals surface area contributed by atoms with Crippen LogP contribution < -0.4 is 10.2 Å². The largest absolute Gasteiger partial charge is 0.347 e. The molecule has 24 heavy (non-hydrogen) atoms. The Hall–Kier alpha value is -1.92. The van der Waals surface area contributed by atoms with Crippen molar-refractivity contribution in [1.82, 2.24) is 9.88 Å². The van der Waals surface area contributed by atoms with Crippen LogP contribution in [-0.4, -0.2) is 48.0 Å². The van der Waals surface area contributed by atoms with Crippen LogP contribution in [0.1, 0.15) is 18.4 Å². The van der Waals surface area contributed by atoms with Crippen LogP contribution in [0.15, 0.2) is 35.8 Å². The van der Waals surface area contributed by atoms with E-state index in [2.05, 4.69) is 26.2 Å². The lowest BCUT2D eigenvalue weighted by Gasteiger charge is -2.28. The summed E-state index contributed by atoms with van der Waals surface area (Å²) in [5.41, 5.74) is 2.22. The summed E-state index contributed by atoms with van der Waals surface area (Å²) in [6.45, 7) is 3.83. The van der Waals surface area contributed by atoms with Gasteiger partial charge in [-0.1, -0.05) is 18.2 Å². The number of thiazole rings is 1. The molecule has 1 aromatic carbocycles. The van der Waals surface area contributed by atoms with Crippen LogP contribution in [0.25, 0.3) is 0 Å². The normalized spacial score (nSPS) is 22.4. The lowest BCUT2D eigenvalue weighted by molar-refractivity contribution is -0.121. The molecule has 0 aliphatic carbocycles. The van der Waals surface area contributed by atoms with Gasteiger partial charge in [-0.05, 0) is 30.9 Å². The topological polar surface area (TPSA) is 48.5 Å². The fraction of sp³-hybridized carbons (Fsp3) is 0.444. The zero-order valence-electron chi connectivity index (χ0n) is 13.6. The van der Waals surface area contributed by atoms with Gasteiger partial charge in [0.15, 0.2) is 5.13 Å². The highest BCUT2D eigenvalue weighted by atomic mass is 32.1. The summed E-state index contributed by atoms with van der Waals surface area (Å²) < 4.78 is 0. The maximum Gasteiger partial charge on any atom is 0.241 e. The second kappa shape index (κ2) is 6.91. The molecule has 126 valence electrons. The molecule has 1 fully saturated rings. The number of hydrogen-bond acceptors (Lipinski definition) is 5. The highest BCUT2D eigenvalue weighted by molar-refractivity contribution is 7.13. The average Bonchev–Trinajstić information content (AvgIpc) is 2.94. The lowest BCUT2D eigenvalue weighted by Crippen LogP contribution is -2.45. The molecular weight excluding hydrogens is 320 g/mol. The van der Waals surface area contributed by atoms with Gasteiger partial charge in [-0.25, -0.2) is 4.98 Å². The van der Waals surface area contributed by atoms with Crippen LogP contribution in [0.4, 0.5) is 10.8 Å². The fourth-order valence-electron chi connectivity index (χ4n) is 3.66. The van der Waals surface area contributed by atoms with Crippen LogP contribution in [0.5, 0.6) is 0 Å². The standard InChI is InChI=1S/C18H22N4OS/c23-17-16(7-6-14-4-1-2-5-15(14)20-17)21-9-3-10-22(12-11-21)18-19-8-13-24-18/h1-2,4-5,8,13,16H,3,6-7,9-12H2,(H,20,23)/t16-/m0/s1. The van der Waals surface area contributed by atoms with Gasteiger partial charge in [0.25, 0.3) is 0 Å². The van der Waals surface area contributed by atoms with Crippen LogP contribution in [0.3, 0.4) is 0 Å². The van der Waals surface area contributed by atoms with Crippen molar-refractivity contribution < 1.29 is 4.79 Å². The van der Waals surface area contributed by atoms with E-state index in [-0.39, 0.29) is 11.9 Å². The SMILES string of the molecule is O=C1Nc2ccccc2CC[C@@H]1N1CCCN(c2nccs2)CC1. The summed E-state index contributed by atoms with van der Waals surface area (Å²) in [7, 11) is 0. The highest BCUT2D eigenvalue weighted by Gasteiger charge is 2.30. The van der Waals surface area contributed by atoms with Crippen LogP contribution >= 0.6 is 11.3 Å². The van der Waals surface area contributed by atoms with Crippen molar-refractivity contribution in [3.63, 3.8) is 0 Å². The molecule has 1 atom stereocenters. The Kier molecular flexibility index (Phi) is 4.49. The van der Waals surface area contributed by atoms with Crippen LogP contribution in [0, 0.1) is 0 Å². The minimum Gasteiger partial charge on any atom is -0.347 e. The van der Waals surface area contributed by atoms with E-state index < -0.39 is 0 Å². The molecule has 0 spiro atoms. The van der Waals surface area contributed by atoms with Crippen molar-refractivity contribution in [2.24, 2.45) is 0 Å². The van der Waals surface area contributed by atoms with E-state index in [9.17, 15) is 4.79 Å². The average molecular weight is 342 g/mol. The number of nitrogens with zero attached hydrogens (tertiary/aromatic N) is 3. The number of aromatic nitrogens is 1. The first-order valence-corrected chi connectivity index (χ1v) is 9.46. The first-order valence-electron chi connectivity index (χ1n) is 8.58. The van der Waals surface area contributed by atoms with E-state index in [1.54, 1.807) is 11.3 Å². The summed E-state index contributed by atoms with van der Waals surface area (Å²) in [5.74, 6) is 0.141. The molecule has 2 aliphatic heterocycles. The zero-order chi connectivity index (χ0) is 16.4. The van der Waals surface area contributed by atoms with Gasteiger partial charge in [0.1, 0.15) is 0 Å². The third kappa shape index (κ3) is 3.16.